The van der Waals surface area contributed by atoms with Crippen LogP contribution in [0.1, 0.15) is 31.2 Å². The highest BCUT2D eigenvalue weighted by molar-refractivity contribution is 7.85. The number of anilines is 1. The molecule has 0 N–H and O–H groups in total. The van der Waals surface area contributed by atoms with Gasteiger partial charge in [0.15, 0.2) is 12.3 Å². The van der Waals surface area contributed by atoms with Crippen molar-refractivity contribution in [3.8, 4) is 5.75 Å². The third kappa shape index (κ3) is 7.06. The van der Waals surface area contributed by atoms with Crippen molar-refractivity contribution in [3.63, 3.8) is 0 Å². The van der Waals surface area contributed by atoms with Gasteiger partial charge in [-0.15, -0.1) is 0 Å². The molecule has 0 unspecified atom stereocenters. The van der Waals surface area contributed by atoms with Gasteiger partial charge in [0.1, 0.15) is 4.70 Å². The number of rotatable bonds is 11. The van der Waals surface area contributed by atoms with Gasteiger partial charge >= 0.3 is 0 Å². The van der Waals surface area contributed by atoms with Gasteiger partial charge in [-0.05, 0) is 70.3 Å². The third-order valence-electron chi connectivity index (χ3n) is 8.76. The maximum Gasteiger partial charge on any atom is 0.263 e. The zero-order valence-corrected chi connectivity index (χ0v) is 29.1. The van der Waals surface area contributed by atoms with Gasteiger partial charge in [0, 0.05) is 42.0 Å². The van der Waals surface area contributed by atoms with Crippen molar-refractivity contribution < 1.29 is 35.2 Å². The molecule has 5 aromatic carbocycles. The number of hydrogen-bond donors (Lipinski definition) is 0. The molecule has 0 atom stereocenters. The summed E-state index contributed by atoms with van der Waals surface area (Å²) in [5, 5.41) is 7.10. The van der Waals surface area contributed by atoms with Crippen molar-refractivity contribution in [3.05, 3.63) is 107 Å². The second kappa shape index (κ2) is 13.2. The Kier molecular flexibility index (Phi) is 8.92. The Morgan fingerprint density at radius 3 is 2.22 bits per heavy atom. The van der Waals surface area contributed by atoms with Crippen molar-refractivity contribution in [2.24, 2.45) is 0 Å². The first-order valence-electron chi connectivity index (χ1n) is 16.0. The molecule has 0 fully saturated rings. The van der Waals surface area contributed by atoms with Crippen LogP contribution in [0, 0.1) is 0 Å². The standard InChI is InChI=1S/C37H34N2O7S3/c1-2-25(22-35-39(18-8-20-49(43,44)45)37-30-12-6-5-9-26(30)14-16-33(37)47-35)21-34-38(17-7-19-48(40,41)42)36-31-24-28-11-4-3-10-27(28)23-29(31)13-15-32(36)46-34/h3-6,9-16,21-24H,2,7-8,17-20H2,1H3,(H-,40,41,42,43,44,45)/p-1. The van der Waals surface area contributed by atoms with Crippen LogP contribution in [0.2, 0.25) is 0 Å². The Morgan fingerprint density at radius 1 is 0.816 bits per heavy atom. The number of aryl methyl sites for hydroxylation is 1. The van der Waals surface area contributed by atoms with Crippen molar-refractivity contribution in [1.29, 1.82) is 0 Å². The molecular weight excluding hydrogens is 681 g/mol. The van der Waals surface area contributed by atoms with Crippen molar-refractivity contribution >= 4 is 85.9 Å². The molecule has 0 spiro atoms. The third-order valence-corrected chi connectivity index (χ3v) is 11.4. The fraction of sp³-hybridized carbons (Fsp3) is 0.216. The molecule has 2 heterocycles. The van der Waals surface area contributed by atoms with E-state index < -0.39 is 31.7 Å². The van der Waals surface area contributed by atoms with E-state index in [4.69, 9.17) is 4.74 Å². The first kappa shape index (κ1) is 33.2. The number of allylic oxidation sites excluding steroid dienone is 2. The monoisotopic (exact) mass is 713 g/mol. The van der Waals surface area contributed by atoms with Gasteiger partial charge in [-0.25, -0.2) is 16.8 Å². The summed E-state index contributed by atoms with van der Waals surface area (Å²) in [5.41, 5.74) is 2.71. The van der Waals surface area contributed by atoms with Crippen LogP contribution in [0.25, 0.3) is 48.6 Å². The van der Waals surface area contributed by atoms with Crippen molar-refractivity contribution in [1.82, 2.24) is 0 Å². The average molecular weight is 714 g/mol. The number of nitrogens with zero attached hydrogens (tertiary/aromatic N) is 2. The Hall–Kier alpha value is -4.33. The van der Waals surface area contributed by atoms with E-state index in [1.807, 2.05) is 72.5 Å². The number of thiazole rings is 1. The van der Waals surface area contributed by atoms with Gasteiger partial charge < -0.3 is 18.7 Å². The quantitative estimate of drug-likeness (QED) is 0.0793. The van der Waals surface area contributed by atoms with Crippen LogP contribution < -0.4 is 14.2 Å². The molecule has 12 heteroatoms. The number of aromatic nitrogens is 1. The maximum absolute atomic E-state index is 11.6. The molecule has 252 valence electrons. The Morgan fingerprint density at radius 2 is 1.49 bits per heavy atom. The van der Waals surface area contributed by atoms with Crippen molar-refractivity contribution in [2.45, 2.75) is 32.7 Å². The molecule has 49 heavy (non-hydrogen) atoms. The largest absolute Gasteiger partial charge is 0.748 e. The minimum atomic E-state index is -4.41. The molecule has 1 aliphatic heterocycles. The summed E-state index contributed by atoms with van der Waals surface area (Å²) < 4.78 is 78.7. The predicted octanol–water partition coefficient (Wildman–Crippen LogP) is 7.05. The van der Waals surface area contributed by atoms with E-state index in [0.29, 0.717) is 24.6 Å². The highest BCUT2D eigenvalue weighted by atomic mass is 32.2. The van der Waals surface area contributed by atoms with Gasteiger partial charge in [-0.2, -0.15) is 4.57 Å². The topological polar surface area (TPSA) is 131 Å². The molecule has 1 aliphatic rings. The number of hydrogen-bond acceptors (Lipinski definition) is 9. The summed E-state index contributed by atoms with van der Waals surface area (Å²) in [6, 6.07) is 28.4. The molecule has 0 bridgehead atoms. The van der Waals surface area contributed by atoms with Crippen LogP contribution in [-0.4, -0.2) is 44.0 Å². The summed E-state index contributed by atoms with van der Waals surface area (Å²) >= 11 is 1.58. The van der Waals surface area contributed by atoms with Crippen LogP contribution >= 0.6 is 11.3 Å². The van der Waals surface area contributed by atoms with Gasteiger partial charge in [-0.3, -0.25) is 0 Å². The zero-order chi connectivity index (χ0) is 34.3. The predicted molar refractivity (Wildman–Crippen MR) is 194 cm³/mol. The minimum absolute atomic E-state index is 0.118. The summed E-state index contributed by atoms with van der Waals surface area (Å²) in [5.74, 6) is 0.198. The number of ether oxygens (including phenoxy) is 1. The highest BCUT2D eigenvalue weighted by Gasteiger charge is 2.29. The summed E-state index contributed by atoms with van der Waals surface area (Å²) in [6.45, 7) is 2.62. The van der Waals surface area contributed by atoms with Gasteiger partial charge in [0.25, 0.3) is 5.01 Å². The molecule has 6 aromatic rings. The molecule has 0 saturated heterocycles. The maximum atomic E-state index is 11.6. The molecule has 0 radical (unpaired) electrons. The second-order valence-electron chi connectivity index (χ2n) is 12.1. The van der Waals surface area contributed by atoms with E-state index in [0.717, 1.165) is 58.8 Å². The van der Waals surface area contributed by atoms with E-state index in [1.165, 1.54) is 0 Å². The van der Waals surface area contributed by atoms with Gasteiger partial charge in [0.2, 0.25) is 11.4 Å². The van der Waals surface area contributed by atoms with Crippen LogP contribution in [0.15, 0.2) is 102 Å². The molecular formula is C37H33N2O7S3-. The highest BCUT2D eigenvalue weighted by Crippen LogP contribution is 2.45. The summed E-state index contributed by atoms with van der Waals surface area (Å²) in [7, 11) is -8.78. The fourth-order valence-corrected chi connectivity index (χ4v) is 8.66. The lowest BCUT2D eigenvalue weighted by Crippen LogP contribution is -2.36. The van der Waals surface area contributed by atoms with E-state index in [9.17, 15) is 25.9 Å². The molecule has 0 saturated carbocycles. The first-order chi connectivity index (χ1) is 23.5. The number of fused-ring (bicyclic) bond motifs is 7. The lowest BCUT2D eigenvalue weighted by molar-refractivity contribution is -0.667. The van der Waals surface area contributed by atoms with Crippen molar-refractivity contribution in [2.75, 3.05) is 23.0 Å². The Balaban J connectivity index is 1.34. The van der Waals surface area contributed by atoms with E-state index in [2.05, 4.69) is 41.0 Å². The van der Waals surface area contributed by atoms with E-state index in [-0.39, 0.29) is 19.4 Å². The molecule has 1 aromatic heterocycles. The fourth-order valence-electron chi connectivity index (χ4n) is 6.51. The van der Waals surface area contributed by atoms with E-state index in [1.54, 1.807) is 11.3 Å². The normalized spacial score (nSPS) is 14.8. The molecule has 7 rings (SSSR count). The van der Waals surface area contributed by atoms with Gasteiger partial charge in [0.05, 0.1) is 31.3 Å². The zero-order valence-electron chi connectivity index (χ0n) is 26.7. The minimum Gasteiger partial charge on any atom is -0.748 e. The Labute approximate surface area is 288 Å². The van der Waals surface area contributed by atoms with Crippen LogP contribution in [-0.2, 0) is 26.8 Å². The van der Waals surface area contributed by atoms with Crippen LogP contribution in [0.4, 0.5) is 5.69 Å². The van der Waals surface area contributed by atoms with Crippen LogP contribution in [0.3, 0.4) is 0 Å². The van der Waals surface area contributed by atoms with Gasteiger partial charge in [-0.1, -0.05) is 72.9 Å². The lowest BCUT2D eigenvalue weighted by Gasteiger charge is -2.20. The summed E-state index contributed by atoms with van der Waals surface area (Å²) in [4.78, 5) is 1.95. The molecule has 0 aliphatic carbocycles. The average Bonchev–Trinajstić information content (AvgIpc) is 3.59. The second-order valence-corrected chi connectivity index (χ2v) is 16.2. The van der Waals surface area contributed by atoms with Crippen LogP contribution in [0.5, 0.6) is 5.75 Å². The molecule has 0 amide bonds. The first-order valence-corrected chi connectivity index (χ1v) is 20.0. The Bertz CT molecular complexity index is 2540. The smallest absolute Gasteiger partial charge is 0.263 e. The summed E-state index contributed by atoms with van der Waals surface area (Å²) in [6.07, 6.45) is 4.91. The van der Waals surface area contributed by atoms with E-state index >= 15 is 0 Å². The number of benzene rings is 5. The SMILES string of the molecule is CCC(/C=C1\Oc2ccc3cc4ccccc4cc3c2N1CCCS(=O)(=O)[O-])=C\c1sc2ccc3ccccc3c2[n+]1CCCS(=O)(=O)[O-]. The lowest BCUT2D eigenvalue weighted by atomic mass is 10.0. The molecule has 9 nitrogen and oxygen atoms in total.